The van der Waals surface area contributed by atoms with E-state index in [9.17, 15) is 4.79 Å². The number of amides is 1. The van der Waals surface area contributed by atoms with Crippen molar-refractivity contribution in [2.75, 3.05) is 13.1 Å². The van der Waals surface area contributed by atoms with Crippen LogP contribution in [0.5, 0.6) is 0 Å². The van der Waals surface area contributed by atoms with E-state index in [1.807, 2.05) is 11.8 Å². The molecule has 1 aliphatic heterocycles. The molecule has 3 nitrogen and oxygen atoms in total. The van der Waals surface area contributed by atoms with Crippen LogP contribution in [0.4, 0.5) is 0 Å². The van der Waals surface area contributed by atoms with E-state index in [2.05, 4.69) is 6.92 Å². The first kappa shape index (κ1) is 9.52. The fourth-order valence-electron chi connectivity index (χ4n) is 1.77. The smallest absolute Gasteiger partial charge is 0.222 e. The first-order valence-electron chi connectivity index (χ1n) is 4.68. The number of nitrogens with two attached hydrogens (primary N) is 1. The Morgan fingerprint density at radius 1 is 1.50 bits per heavy atom. The Labute approximate surface area is 73.9 Å². The molecule has 1 saturated heterocycles. The maximum absolute atomic E-state index is 11.2. The topological polar surface area (TPSA) is 46.3 Å². The fraction of sp³-hybridized carbons (Fsp3) is 0.889. The average molecular weight is 170 g/mol. The van der Waals surface area contributed by atoms with Crippen molar-refractivity contribution in [3.05, 3.63) is 0 Å². The van der Waals surface area contributed by atoms with Crippen molar-refractivity contribution < 1.29 is 4.79 Å². The molecule has 0 unspecified atom stereocenters. The molecule has 3 heteroatoms. The van der Waals surface area contributed by atoms with Gasteiger partial charge in [0.2, 0.25) is 5.91 Å². The summed E-state index contributed by atoms with van der Waals surface area (Å²) in [5.74, 6) is 0.229. The highest BCUT2D eigenvalue weighted by Gasteiger charge is 2.40. The molecule has 0 bridgehead atoms. The molecular weight excluding hydrogens is 152 g/mol. The summed E-state index contributed by atoms with van der Waals surface area (Å²) in [4.78, 5) is 13.0. The fourth-order valence-corrected chi connectivity index (χ4v) is 1.77. The zero-order valence-corrected chi connectivity index (χ0v) is 7.97. The molecule has 1 fully saturated rings. The van der Waals surface area contributed by atoms with Crippen LogP contribution in [0.2, 0.25) is 0 Å². The van der Waals surface area contributed by atoms with E-state index in [-0.39, 0.29) is 11.4 Å². The monoisotopic (exact) mass is 170 g/mol. The molecule has 0 aromatic heterocycles. The average Bonchev–Trinajstić information content (AvgIpc) is 1.99. The predicted molar refractivity (Wildman–Crippen MR) is 48.7 cm³/mol. The normalized spacial score (nSPS) is 20.4. The summed E-state index contributed by atoms with van der Waals surface area (Å²) in [5, 5.41) is 0. The Kier molecular flexibility index (Phi) is 2.73. The van der Waals surface area contributed by atoms with Gasteiger partial charge in [-0.15, -0.1) is 0 Å². The minimum absolute atomic E-state index is 0.0699. The number of nitrogens with zero attached hydrogens (tertiary/aromatic N) is 1. The highest BCUT2D eigenvalue weighted by Crippen LogP contribution is 2.23. The van der Waals surface area contributed by atoms with Gasteiger partial charge in [0.15, 0.2) is 0 Å². The third-order valence-electron chi connectivity index (χ3n) is 2.41. The van der Waals surface area contributed by atoms with Gasteiger partial charge in [0.1, 0.15) is 0 Å². The van der Waals surface area contributed by atoms with Crippen LogP contribution in [0.15, 0.2) is 0 Å². The lowest BCUT2D eigenvalue weighted by molar-refractivity contribution is -0.138. The quantitative estimate of drug-likeness (QED) is 0.679. The largest absolute Gasteiger partial charge is 0.339 e. The Bertz CT molecular complexity index is 173. The van der Waals surface area contributed by atoms with Crippen molar-refractivity contribution >= 4 is 5.91 Å². The minimum Gasteiger partial charge on any atom is -0.339 e. The Balaban J connectivity index is 2.31. The van der Waals surface area contributed by atoms with Crippen LogP contribution in [0.3, 0.4) is 0 Å². The summed E-state index contributed by atoms with van der Waals surface area (Å²) in [6.45, 7) is 5.53. The zero-order valence-electron chi connectivity index (χ0n) is 7.97. The zero-order chi connectivity index (χ0) is 9.19. The molecule has 1 aliphatic rings. The summed E-state index contributed by atoms with van der Waals surface area (Å²) in [5.41, 5.74) is 5.93. The van der Waals surface area contributed by atoms with Gasteiger partial charge in [0.25, 0.3) is 0 Å². The molecule has 70 valence electrons. The van der Waals surface area contributed by atoms with Gasteiger partial charge in [-0.25, -0.2) is 0 Å². The third-order valence-corrected chi connectivity index (χ3v) is 2.41. The molecule has 0 radical (unpaired) electrons. The molecule has 0 atom stereocenters. The number of hydrogen-bond acceptors (Lipinski definition) is 2. The number of carbonyl (C=O) groups excluding carboxylic acids is 1. The number of likely N-dealkylation sites (tertiary alicyclic amines) is 1. The Morgan fingerprint density at radius 3 is 2.50 bits per heavy atom. The molecular formula is C9H18N2O. The van der Waals surface area contributed by atoms with Gasteiger partial charge in [-0.05, 0) is 6.42 Å². The highest BCUT2D eigenvalue weighted by atomic mass is 16.2. The van der Waals surface area contributed by atoms with E-state index in [0.29, 0.717) is 6.42 Å². The lowest BCUT2D eigenvalue weighted by Gasteiger charge is -2.47. The van der Waals surface area contributed by atoms with E-state index in [0.717, 1.165) is 25.9 Å². The van der Waals surface area contributed by atoms with Gasteiger partial charge in [0.05, 0.1) is 5.54 Å². The van der Waals surface area contributed by atoms with Crippen LogP contribution in [0.25, 0.3) is 0 Å². The Morgan fingerprint density at radius 2 is 2.08 bits per heavy atom. The van der Waals surface area contributed by atoms with Crippen LogP contribution in [-0.4, -0.2) is 29.4 Å². The maximum atomic E-state index is 11.2. The molecule has 0 aliphatic carbocycles. The van der Waals surface area contributed by atoms with E-state index >= 15 is 0 Å². The molecule has 0 spiro atoms. The summed E-state index contributed by atoms with van der Waals surface area (Å²) >= 11 is 0. The predicted octanol–water partition coefficient (Wildman–Crippen LogP) is 0.736. The maximum Gasteiger partial charge on any atom is 0.222 e. The molecule has 0 saturated carbocycles. The van der Waals surface area contributed by atoms with E-state index < -0.39 is 0 Å². The highest BCUT2D eigenvalue weighted by molar-refractivity contribution is 5.77. The molecule has 1 heterocycles. The lowest BCUT2D eigenvalue weighted by atomic mass is 9.86. The van der Waals surface area contributed by atoms with Gasteiger partial charge in [0, 0.05) is 19.5 Å². The van der Waals surface area contributed by atoms with Crippen molar-refractivity contribution in [1.82, 2.24) is 4.90 Å². The molecule has 2 N–H and O–H groups in total. The minimum atomic E-state index is -0.0699. The van der Waals surface area contributed by atoms with Crippen LogP contribution in [0.1, 0.15) is 33.1 Å². The first-order valence-corrected chi connectivity index (χ1v) is 4.68. The van der Waals surface area contributed by atoms with Crippen molar-refractivity contribution in [1.29, 1.82) is 0 Å². The second-order valence-corrected chi connectivity index (χ2v) is 3.72. The van der Waals surface area contributed by atoms with Crippen molar-refractivity contribution in [2.45, 2.75) is 38.6 Å². The standard InChI is InChI=1S/C9H18N2O/c1-3-5-9(10)6-11(7-9)8(12)4-2/h3-7,10H2,1-2H3. The van der Waals surface area contributed by atoms with Gasteiger partial charge in [-0.2, -0.15) is 0 Å². The summed E-state index contributed by atoms with van der Waals surface area (Å²) in [6, 6.07) is 0. The number of rotatable bonds is 3. The van der Waals surface area contributed by atoms with Crippen LogP contribution < -0.4 is 5.73 Å². The van der Waals surface area contributed by atoms with E-state index in [1.54, 1.807) is 0 Å². The van der Waals surface area contributed by atoms with Crippen molar-refractivity contribution in [2.24, 2.45) is 5.73 Å². The number of hydrogen-bond donors (Lipinski definition) is 1. The van der Waals surface area contributed by atoms with Gasteiger partial charge < -0.3 is 10.6 Å². The third kappa shape index (κ3) is 1.78. The van der Waals surface area contributed by atoms with Crippen LogP contribution in [-0.2, 0) is 4.79 Å². The second kappa shape index (κ2) is 3.44. The van der Waals surface area contributed by atoms with Gasteiger partial charge in [-0.1, -0.05) is 20.3 Å². The molecule has 1 amide bonds. The molecule has 0 aromatic carbocycles. The van der Waals surface area contributed by atoms with Crippen molar-refractivity contribution in [3.8, 4) is 0 Å². The van der Waals surface area contributed by atoms with Crippen molar-refractivity contribution in [3.63, 3.8) is 0 Å². The van der Waals surface area contributed by atoms with Crippen LogP contribution in [0, 0.1) is 0 Å². The number of carbonyl (C=O) groups is 1. The van der Waals surface area contributed by atoms with Gasteiger partial charge >= 0.3 is 0 Å². The summed E-state index contributed by atoms with van der Waals surface area (Å²) in [7, 11) is 0. The second-order valence-electron chi connectivity index (χ2n) is 3.72. The first-order chi connectivity index (χ1) is 5.61. The van der Waals surface area contributed by atoms with Gasteiger partial charge in [-0.3, -0.25) is 4.79 Å². The Hall–Kier alpha value is -0.570. The van der Waals surface area contributed by atoms with E-state index in [1.165, 1.54) is 0 Å². The van der Waals surface area contributed by atoms with E-state index in [4.69, 9.17) is 5.73 Å². The molecule has 12 heavy (non-hydrogen) atoms. The molecule has 0 aromatic rings. The summed E-state index contributed by atoms with van der Waals surface area (Å²) in [6.07, 6.45) is 2.73. The summed E-state index contributed by atoms with van der Waals surface area (Å²) < 4.78 is 0. The molecule has 1 rings (SSSR count). The lowest BCUT2D eigenvalue weighted by Crippen LogP contribution is -2.68. The van der Waals surface area contributed by atoms with Crippen LogP contribution >= 0.6 is 0 Å². The SMILES string of the molecule is CCCC1(N)CN(C(=O)CC)C1.